The van der Waals surface area contributed by atoms with Crippen LogP contribution in [0, 0.1) is 11.6 Å². The van der Waals surface area contributed by atoms with E-state index in [1.165, 1.54) is 24.3 Å². The lowest BCUT2D eigenvalue weighted by molar-refractivity contribution is 0.285. The SMILES string of the molecule is Fc1cc(CBr)ccc1OCc1c(F)cccc1Cl. The molecule has 2 aromatic carbocycles. The first kappa shape index (κ1) is 14.3. The van der Waals surface area contributed by atoms with E-state index in [0.717, 1.165) is 5.56 Å². The van der Waals surface area contributed by atoms with Gasteiger partial charge in [-0.2, -0.15) is 0 Å². The van der Waals surface area contributed by atoms with E-state index in [1.54, 1.807) is 12.1 Å². The van der Waals surface area contributed by atoms with E-state index < -0.39 is 11.6 Å². The Kier molecular flexibility index (Phi) is 4.77. The Morgan fingerprint density at radius 1 is 1.11 bits per heavy atom. The Morgan fingerprint density at radius 3 is 2.53 bits per heavy atom. The maximum atomic E-state index is 13.7. The molecule has 5 heteroatoms. The summed E-state index contributed by atoms with van der Waals surface area (Å²) < 4.78 is 32.4. The zero-order chi connectivity index (χ0) is 13.8. The van der Waals surface area contributed by atoms with Crippen molar-refractivity contribution in [2.45, 2.75) is 11.9 Å². The van der Waals surface area contributed by atoms with Gasteiger partial charge in [-0.05, 0) is 29.8 Å². The third-order valence-electron chi connectivity index (χ3n) is 2.58. The van der Waals surface area contributed by atoms with Gasteiger partial charge >= 0.3 is 0 Å². The van der Waals surface area contributed by atoms with Crippen molar-refractivity contribution in [2.24, 2.45) is 0 Å². The molecule has 0 amide bonds. The Morgan fingerprint density at radius 2 is 1.89 bits per heavy atom. The summed E-state index contributed by atoms with van der Waals surface area (Å²) in [5, 5.41) is 0.820. The topological polar surface area (TPSA) is 9.23 Å². The van der Waals surface area contributed by atoms with Crippen LogP contribution in [0.5, 0.6) is 5.75 Å². The monoisotopic (exact) mass is 346 g/mol. The van der Waals surface area contributed by atoms with E-state index >= 15 is 0 Å². The van der Waals surface area contributed by atoms with Crippen LogP contribution in [0.4, 0.5) is 8.78 Å². The predicted octanol–water partition coefficient (Wildman–Crippen LogP) is 5.09. The number of hydrogen-bond donors (Lipinski definition) is 0. The van der Waals surface area contributed by atoms with Gasteiger partial charge in [0, 0.05) is 10.9 Å². The molecule has 0 aliphatic carbocycles. The van der Waals surface area contributed by atoms with Crippen molar-refractivity contribution in [3.05, 3.63) is 64.2 Å². The maximum Gasteiger partial charge on any atom is 0.165 e. The van der Waals surface area contributed by atoms with Gasteiger partial charge in [-0.3, -0.25) is 0 Å². The number of benzene rings is 2. The van der Waals surface area contributed by atoms with Crippen LogP contribution in [0.25, 0.3) is 0 Å². The molecule has 0 heterocycles. The molecule has 0 aliphatic rings. The van der Waals surface area contributed by atoms with Gasteiger partial charge in [0.05, 0.1) is 5.02 Å². The molecule has 2 aromatic rings. The predicted molar refractivity (Wildman–Crippen MR) is 74.8 cm³/mol. The molecule has 0 saturated heterocycles. The highest BCUT2D eigenvalue weighted by atomic mass is 79.9. The molecule has 2 rings (SSSR count). The average molecular weight is 348 g/mol. The molecule has 0 radical (unpaired) electrons. The Bertz CT molecular complexity index is 569. The summed E-state index contributed by atoms with van der Waals surface area (Å²) in [6, 6.07) is 8.97. The summed E-state index contributed by atoms with van der Waals surface area (Å²) in [5.74, 6) is -0.876. The number of halogens is 4. The lowest BCUT2D eigenvalue weighted by atomic mass is 10.2. The Hall–Kier alpha value is -1.13. The van der Waals surface area contributed by atoms with Crippen LogP contribution in [0.2, 0.25) is 5.02 Å². The molecule has 0 bridgehead atoms. The summed E-state index contributed by atoms with van der Waals surface area (Å²) in [6.07, 6.45) is 0. The van der Waals surface area contributed by atoms with E-state index in [2.05, 4.69) is 15.9 Å². The van der Waals surface area contributed by atoms with E-state index in [4.69, 9.17) is 16.3 Å². The summed E-state index contributed by atoms with van der Waals surface area (Å²) in [7, 11) is 0. The maximum absolute atomic E-state index is 13.7. The molecule has 100 valence electrons. The normalized spacial score (nSPS) is 10.5. The van der Waals surface area contributed by atoms with Crippen molar-refractivity contribution in [2.75, 3.05) is 0 Å². The fourth-order valence-electron chi connectivity index (χ4n) is 1.56. The van der Waals surface area contributed by atoms with Crippen LogP contribution < -0.4 is 4.74 Å². The first-order valence-corrected chi connectivity index (χ1v) is 7.02. The lowest BCUT2D eigenvalue weighted by Gasteiger charge is -2.10. The van der Waals surface area contributed by atoms with Gasteiger partial charge in [-0.1, -0.05) is 39.7 Å². The van der Waals surface area contributed by atoms with Crippen LogP contribution in [0.3, 0.4) is 0 Å². The summed E-state index contributed by atoms with van der Waals surface area (Å²) in [5.41, 5.74) is 1.02. The molecule has 0 aromatic heterocycles. The van der Waals surface area contributed by atoms with Gasteiger partial charge < -0.3 is 4.74 Å². The van der Waals surface area contributed by atoms with Crippen LogP contribution >= 0.6 is 27.5 Å². The van der Waals surface area contributed by atoms with E-state index in [-0.39, 0.29) is 22.9 Å². The second-order valence-electron chi connectivity index (χ2n) is 3.89. The molecule has 0 unspecified atom stereocenters. The van der Waals surface area contributed by atoms with Gasteiger partial charge in [0.15, 0.2) is 11.6 Å². The zero-order valence-electron chi connectivity index (χ0n) is 9.80. The van der Waals surface area contributed by atoms with Crippen molar-refractivity contribution < 1.29 is 13.5 Å². The largest absolute Gasteiger partial charge is 0.486 e. The fraction of sp³-hybridized carbons (Fsp3) is 0.143. The van der Waals surface area contributed by atoms with E-state index in [0.29, 0.717) is 5.33 Å². The summed E-state index contributed by atoms with van der Waals surface area (Å²) >= 11 is 9.10. The highest BCUT2D eigenvalue weighted by Crippen LogP contribution is 2.24. The highest BCUT2D eigenvalue weighted by molar-refractivity contribution is 9.08. The van der Waals surface area contributed by atoms with Gasteiger partial charge in [-0.15, -0.1) is 0 Å². The minimum absolute atomic E-state index is 0.0732. The number of rotatable bonds is 4. The quantitative estimate of drug-likeness (QED) is 0.700. The standard InChI is InChI=1S/C14H10BrClF2O/c15-7-9-4-5-14(13(18)6-9)19-8-10-11(16)2-1-3-12(10)17/h1-6H,7-8H2. The van der Waals surface area contributed by atoms with Crippen LogP contribution in [-0.2, 0) is 11.9 Å². The minimum atomic E-state index is -0.482. The number of alkyl halides is 1. The molecular weight excluding hydrogens is 338 g/mol. The van der Waals surface area contributed by atoms with Crippen LogP contribution in [-0.4, -0.2) is 0 Å². The first-order valence-electron chi connectivity index (χ1n) is 5.52. The van der Waals surface area contributed by atoms with Gasteiger partial charge in [0.2, 0.25) is 0 Å². The Labute approximate surface area is 123 Å². The van der Waals surface area contributed by atoms with Crippen LogP contribution in [0.15, 0.2) is 36.4 Å². The third-order valence-corrected chi connectivity index (χ3v) is 3.59. The summed E-state index contributed by atoms with van der Waals surface area (Å²) in [4.78, 5) is 0. The first-order chi connectivity index (χ1) is 9.11. The molecule has 0 spiro atoms. The molecule has 1 nitrogen and oxygen atoms in total. The number of ether oxygens (including phenoxy) is 1. The minimum Gasteiger partial charge on any atom is -0.486 e. The number of hydrogen-bond acceptors (Lipinski definition) is 1. The zero-order valence-corrected chi connectivity index (χ0v) is 12.1. The van der Waals surface area contributed by atoms with E-state index in [1.807, 2.05) is 0 Å². The molecule has 19 heavy (non-hydrogen) atoms. The smallest absolute Gasteiger partial charge is 0.165 e. The fourth-order valence-corrected chi connectivity index (χ4v) is 2.13. The molecular formula is C14H10BrClF2O. The second kappa shape index (κ2) is 6.35. The Balaban J connectivity index is 2.15. The van der Waals surface area contributed by atoms with Crippen molar-refractivity contribution >= 4 is 27.5 Å². The van der Waals surface area contributed by atoms with Crippen molar-refractivity contribution in [1.29, 1.82) is 0 Å². The average Bonchev–Trinajstić information content (AvgIpc) is 2.39. The molecule has 0 aliphatic heterocycles. The lowest BCUT2D eigenvalue weighted by Crippen LogP contribution is -2.01. The van der Waals surface area contributed by atoms with Gasteiger partial charge in [0.25, 0.3) is 0 Å². The molecule has 0 atom stereocenters. The second-order valence-corrected chi connectivity index (χ2v) is 4.86. The molecule has 0 N–H and O–H groups in total. The van der Waals surface area contributed by atoms with Gasteiger partial charge in [-0.25, -0.2) is 8.78 Å². The molecule has 0 fully saturated rings. The highest BCUT2D eigenvalue weighted by Gasteiger charge is 2.10. The van der Waals surface area contributed by atoms with Crippen molar-refractivity contribution in [3.63, 3.8) is 0 Å². The van der Waals surface area contributed by atoms with Crippen LogP contribution in [0.1, 0.15) is 11.1 Å². The third kappa shape index (κ3) is 3.45. The van der Waals surface area contributed by atoms with Gasteiger partial charge in [0.1, 0.15) is 12.4 Å². The van der Waals surface area contributed by atoms with Crippen molar-refractivity contribution in [3.8, 4) is 5.75 Å². The molecule has 0 saturated carbocycles. The summed E-state index contributed by atoms with van der Waals surface area (Å²) in [6.45, 7) is -0.115. The van der Waals surface area contributed by atoms with Crippen molar-refractivity contribution in [1.82, 2.24) is 0 Å². The van der Waals surface area contributed by atoms with E-state index in [9.17, 15) is 8.78 Å².